The average Bonchev–Trinajstić information content (AvgIpc) is 2.60. The lowest BCUT2D eigenvalue weighted by Crippen LogP contribution is -2.28. The summed E-state index contributed by atoms with van der Waals surface area (Å²) in [7, 11) is 4.00. The lowest BCUT2D eigenvalue weighted by Gasteiger charge is -2.29. The van der Waals surface area contributed by atoms with E-state index in [0.717, 1.165) is 25.3 Å². The molecule has 3 rings (SSSR count). The number of fused-ring (bicyclic) bond motifs is 1. The molecule has 3 heteroatoms. The van der Waals surface area contributed by atoms with Gasteiger partial charge < -0.3 is 9.64 Å². The van der Waals surface area contributed by atoms with Crippen LogP contribution in [0.25, 0.3) is 0 Å². The zero-order chi connectivity index (χ0) is 16.1. The van der Waals surface area contributed by atoms with Gasteiger partial charge in [-0.15, -0.1) is 12.4 Å². The minimum absolute atomic E-state index is 0. The third-order valence-corrected chi connectivity index (χ3v) is 4.95. The Kier molecular flexibility index (Phi) is 7.14. The lowest BCUT2D eigenvalue weighted by atomic mass is 9.82. The van der Waals surface area contributed by atoms with Gasteiger partial charge in [0.1, 0.15) is 5.75 Å². The number of aryl methyl sites for hydroxylation is 1. The van der Waals surface area contributed by atoms with Crippen molar-refractivity contribution in [1.82, 2.24) is 4.90 Å². The van der Waals surface area contributed by atoms with E-state index in [0.29, 0.717) is 5.92 Å². The van der Waals surface area contributed by atoms with E-state index in [1.165, 1.54) is 36.0 Å². The maximum atomic E-state index is 5.37. The summed E-state index contributed by atoms with van der Waals surface area (Å²) in [5, 5.41) is 0. The summed E-state index contributed by atoms with van der Waals surface area (Å²) in [5.41, 5.74) is 4.44. The van der Waals surface area contributed by atoms with E-state index in [4.69, 9.17) is 4.74 Å². The molecule has 0 aliphatic heterocycles. The van der Waals surface area contributed by atoms with E-state index >= 15 is 0 Å². The molecule has 0 saturated carbocycles. The summed E-state index contributed by atoms with van der Waals surface area (Å²) >= 11 is 0. The van der Waals surface area contributed by atoms with E-state index in [9.17, 15) is 0 Å². The third-order valence-electron chi connectivity index (χ3n) is 4.95. The second kappa shape index (κ2) is 9.10. The van der Waals surface area contributed by atoms with Gasteiger partial charge in [-0.3, -0.25) is 0 Å². The van der Waals surface area contributed by atoms with Crippen LogP contribution in [0.1, 0.15) is 35.4 Å². The van der Waals surface area contributed by atoms with Crippen LogP contribution in [-0.2, 0) is 12.8 Å². The van der Waals surface area contributed by atoms with Gasteiger partial charge in [0.2, 0.25) is 0 Å². The van der Waals surface area contributed by atoms with Crippen molar-refractivity contribution in [2.75, 3.05) is 27.2 Å². The van der Waals surface area contributed by atoms with Crippen LogP contribution in [0, 0.1) is 0 Å². The number of rotatable bonds is 6. The average molecular weight is 346 g/mol. The summed E-state index contributed by atoms with van der Waals surface area (Å²) in [6.45, 7) is 2.26. The minimum atomic E-state index is 0. The lowest BCUT2D eigenvalue weighted by molar-refractivity contribution is 0.300. The van der Waals surface area contributed by atoms with Crippen LogP contribution in [0.2, 0.25) is 0 Å². The van der Waals surface area contributed by atoms with E-state index < -0.39 is 0 Å². The first-order valence-electron chi connectivity index (χ1n) is 8.65. The Balaban J connectivity index is 0.00000208. The Morgan fingerprint density at radius 3 is 2.67 bits per heavy atom. The van der Waals surface area contributed by atoms with Gasteiger partial charge in [0, 0.05) is 13.1 Å². The van der Waals surface area contributed by atoms with Crippen LogP contribution < -0.4 is 4.74 Å². The summed E-state index contributed by atoms with van der Waals surface area (Å²) in [6.07, 6.45) is 4.91. The highest BCUT2D eigenvalue weighted by atomic mass is 35.5. The minimum Gasteiger partial charge on any atom is -0.497 e. The van der Waals surface area contributed by atoms with Crippen LogP contribution in [0.15, 0.2) is 48.5 Å². The van der Waals surface area contributed by atoms with E-state index in [-0.39, 0.29) is 12.4 Å². The number of hydrogen-bond acceptors (Lipinski definition) is 2. The van der Waals surface area contributed by atoms with Gasteiger partial charge >= 0.3 is 0 Å². The molecule has 0 heterocycles. The second-order valence-electron chi connectivity index (χ2n) is 6.65. The SMILES string of the molecule is COc1ccc2c(c1)CCCC2CN(C)CCc1ccccc1.Cl. The Morgan fingerprint density at radius 1 is 1.12 bits per heavy atom. The molecule has 0 bridgehead atoms. The molecule has 0 saturated heterocycles. The Hall–Kier alpha value is -1.51. The van der Waals surface area contributed by atoms with Gasteiger partial charge in [-0.05, 0) is 67.5 Å². The number of hydrogen-bond donors (Lipinski definition) is 0. The topological polar surface area (TPSA) is 12.5 Å². The number of nitrogens with zero attached hydrogens (tertiary/aromatic N) is 1. The zero-order valence-electron chi connectivity index (χ0n) is 14.7. The first kappa shape index (κ1) is 18.8. The standard InChI is InChI=1S/C21H27NO.ClH/c1-22(14-13-17-7-4-3-5-8-17)16-19-10-6-9-18-15-20(23-2)11-12-21(18)19;/h3-5,7-8,11-12,15,19H,6,9-10,13-14,16H2,1-2H3;1H. The molecule has 24 heavy (non-hydrogen) atoms. The van der Waals surface area contributed by atoms with Gasteiger partial charge in [-0.2, -0.15) is 0 Å². The second-order valence-corrected chi connectivity index (χ2v) is 6.65. The first-order chi connectivity index (χ1) is 11.3. The highest BCUT2D eigenvalue weighted by Gasteiger charge is 2.21. The summed E-state index contributed by atoms with van der Waals surface area (Å²) in [6, 6.07) is 17.4. The molecule has 2 aromatic carbocycles. The van der Waals surface area contributed by atoms with Crippen molar-refractivity contribution in [2.24, 2.45) is 0 Å². The molecule has 0 fully saturated rings. The number of benzene rings is 2. The molecule has 1 aliphatic carbocycles. The van der Waals surface area contributed by atoms with E-state index in [1.807, 2.05) is 0 Å². The predicted molar refractivity (Wildman–Crippen MR) is 104 cm³/mol. The summed E-state index contributed by atoms with van der Waals surface area (Å²) in [4.78, 5) is 2.48. The number of methoxy groups -OCH3 is 1. The largest absolute Gasteiger partial charge is 0.497 e. The van der Waals surface area contributed by atoms with Crippen LogP contribution in [0.4, 0.5) is 0 Å². The molecule has 1 aliphatic rings. The molecule has 0 N–H and O–H groups in total. The third kappa shape index (κ3) is 4.75. The summed E-state index contributed by atoms with van der Waals surface area (Å²) in [5.74, 6) is 1.65. The first-order valence-corrected chi connectivity index (χ1v) is 8.65. The van der Waals surface area contributed by atoms with Gasteiger partial charge in [0.05, 0.1) is 7.11 Å². The van der Waals surface area contributed by atoms with Crippen molar-refractivity contribution in [2.45, 2.75) is 31.6 Å². The fourth-order valence-corrected chi connectivity index (χ4v) is 3.64. The molecular formula is C21H28ClNO. The molecule has 130 valence electrons. The molecule has 0 aromatic heterocycles. The molecular weight excluding hydrogens is 318 g/mol. The van der Waals surface area contributed by atoms with Crippen molar-refractivity contribution >= 4 is 12.4 Å². The number of likely N-dealkylation sites (N-methyl/N-ethyl adjacent to an activating group) is 1. The van der Waals surface area contributed by atoms with E-state index in [2.05, 4.69) is 60.5 Å². The predicted octanol–water partition coefficient (Wildman–Crippen LogP) is 4.71. The maximum absolute atomic E-state index is 5.37. The normalized spacial score (nSPS) is 16.4. The van der Waals surface area contributed by atoms with Gasteiger partial charge in [0.25, 0.3) is 0 Å². The fourth-order valence-electron chi connectivity index (χ4n) is 3.64. The molecule has 2 nitrogen and oxygen atoms in total. The Morgan fingerprint density at radius 2 is 1.92 bits per heavy atom. The molecule has 1 atom stereocenters. The van der Waals surface area contributed by atoms with Gasteiger partial charge in [-0.25, -0.2) is 0 Å². The van der Waals surface area contributed by atoms with Crippen molar-refractivity contribution in [3.05, 3.63) is 65.2 Å². The van der Waals surface area contributed by atoms with Crippen molar-refractivity contribution in [3.63, 3.8) is 0 Å². The summed E-state index contributed by atoms with van der Waals surface area (Å²) < 4.78 is 5.37. The highest BCUT2D eigenvalue weighted by Crippen LogP contribution is 2.34. The van der Waals surface area contributed by atoms with Gasteiger partial charge in [-0.1, -0.05) is 36.4 Å². The monoisotopic (exact) mass is 345 g/mol. The van der Waals surface area contributed by atoms with Gasteiger partial charge in [0.15, 0.2) is 0 Å². The number of halogens is 1. The van der Waals surface area contributed by atoms with Crippen molar-refractivity contribution in [1.29, 1.82) is 0 Å². The van der Waals surface area contributed by atoms with Crippen LogP contribution in [0.3, 0.4) is 0 Å². The highest BCUT2D eigenvalue weighted by molar-refractivity contribution is 5.85. The molecule has 2 aromatic rings. The Labute approximate surface area is 152 Å². The van der Waals surface area contributed by atoms with Crippen LogP contribution in [-0.4, -0.2) is 32.1 Å². The Bertz CT molecular complexity index is 629. The van der Waals surface area contributed by atoms with Crippen LogP contribution >= 0.6 is 12.4 Å². The fraction of sp³-hybridized carbons (Fsp3) is 0.429. The molecule has 0 amide bonds. The van der Waals surface area contributed by atoms with Crippen molar-refractivity contribution in [3.8, 4) is 5.75 Å². The smallest absolute Gasteiger partial charge is 0.119 e. The molecule has 1 unspecified atom stereocenters. The maximum Gasteiger partial charge on any atom is 0.119 e. The zero-order valence-corrected chi connectivity index (χ0v) is 15.5. The van der Waals surface area contributed by atoms with E-state index in [1.54, 1.807) is 7.11 Å². The number of ether oxygens (including phenoxy) is 1. The molecule has 0 radical (unpaired) electrons. The van der Waals surface area contributed by atoms with Crippen LogP contribution in [0.5, 0.6) is 5.75 Å². The quantitative estimate of drug-likeness (QED) is 0.751. The molecule has 0 spiro atoms. The van der Waals surface area contributed by atoms with Crippen molar-refractivity contribution < 1.29 is 4.74 Å².